The van der Waals surface area contributed by atoms with Gasteiger partial charge in [-0.05, 0) is 75.7 Å². The SMILES string of the molecule is CSCCC(NC(=O)C1CCN(S(=O)(=O)c2ccc(C)cc2)CC1)C(=O)NC(C)CCc1ccccc1. The number of carbonyl (C=O) groups excluding carboxylic acids is 2. The molecule has 37 heavy (non-hydrogen) atoms. The van der Waals surface area contributed by atoms with Crippen LogP contribution in [0, 0.1) is 12.8 Å². The average Bonchev–Trinajstić information content (AvgIpc) is 2.90. The number of nitrogens with zero attached hydrogens (tertiary/aromatic N) is 1. The largest absolute Gasteiger partial charge is 0.352 e. The molecule has 1 aliphatic heterocycles. The van der Waals surface area contributed by atoms with Crippen LogP contribution in [0.5, 0.6) is 0 Å². The minimum absolute atomic E-state index is 0.0170. The molecule has 2 aromatic carbocycles. The molecule has 2 atom stereocenters. The van der Waals surface area contributed by atoms with Gasteiger partial charge in [0.05, 0.1) is 4.90 Å². The molecule has 0 bridgehead atoms. The maximum atomic E-state index is 13.1. The van der Waals surface area contributed by atoms with E-state index in [9.17, 15) is 18.0 Å². The highest BCUT2D eigenvalue weighted by Gasteiger charge is 2.33. The van der Waals surface area contributed by atoms with Crippen LogP contribution in [-0.2, 0) is 26.0 Å². The van der Waals surface area contributed by atoms with E-state index in [1.807, 2.05) is 38.3 Å². The van der Waals surface area contributed by atoms with E-state index in [0.717, 1.165) is 24.2 Å². The summed E-state index contributed by atoms with van der Waals surface area (Å²) >= 11 is 1.63. The van der Waals surface area contributed by atoms with Gasteiger partial charge in [0.15, 0.2) is 0 Å². The number of nitrogens with one attached hydrogen (secondary N) is 2. The van der Waals surface area contributed by atoms with Crippen LogP contribution in [-0.4, -0.2) is 61.7 Å². The van der Waals surface area contributed by atoms with Crippen molar-refractivity contribution in [3.8, 4) is 0 Å². The van der Waals surface area contributed by atoms with Crippen LogP contribution in [0.4, 0.5) is 0 Å². The summed E-state index contributed by atoms with van der Waals surface area (Å²) in [6, 6.07) is 16.4. The topological polar surface area (TPSA) is 95.6 Å². The molecular formula is C28H39N3O4S2. The fraction of sp³-hybridized carbons (Fsp3) is 0.500. The minimum atomic E-state index is -3.58. The van der Waals surface area contributed by atoms with Crippen LogP contribution in [0.25, 0.3) is 0 Å². The molecule has 1 heterocycles. The van der Waals surface area contributed by atoms with Crippen LogP contribution in [0.15, 0.2) is 59.5 Å². The molecule has 202 valence electrons. The molecule has 2 N–H and O–H groups in total. The van der Waals surface area contributed by atoms with Gasteiger partial charge in [0, 0.05) is 25.0 Å². The molecule has 0 saturated carbocycles. The van der Waals surface area contributed by atoms with Gasteiger partial charge in [-0.25, -0.2) is 8.42 Å². The zero-order chi connectivity index (χ0) is 26.8. The number of thioether (sulfide) groups is 1. The monoisotopic (exact) mass is 545 g/mol. The molecule has 2 aromatic rings. The van der Waals surface area contributed by atoms with E-state index < -0.39 is 16.1 Å². The molecule has 0 radical (unpaired) electrons. The van der Waals surface area contributed by atoms with Crippen molar-refractivity contribution in [2.75, 3.05) is 25.1 Å². The number of hydrogen-bond acceptors (Lipinski definition) is 5. The van der Waals surface area contributed by atoms with Gasteiger partial charge in [-0.1, -0.05) is 48.0 Å². The first-order chi connectivity index (χ1) is 17.7. The third kappa shape index (κ3) is 8.58. The highest BCUT2D eigenvalue weighted by molar-refractivity contribution is 7.98. The van der Waals surface area contributed by atoms with E-state index >= 15 is 0 Å². The zero-order valence-electron chi connectivity index (χ0n) is 22.0. The van der Waals surface area contributed by atoms with E-state index in [1.165, 1.54) is 9.87 Å². The van der Waals surface area contributed by atoms with Crippen molar-refractivity contribution >= 4 is 33.6 Å². The van der Waals surface area contributed by atoms with E-state index in [2.05, 4.69) is 22.8 Å². The van der Waals surface area contributed by atoms with Gasteiger partial charge in [-0.15, -0.1) is 0 Å². The van der Waals surface area contributed by atoms with Crippen LogP contribution in [0.2, 0.25) is 0 Å². The maximum absolute atomic E-state index is 13.1. The Labute approximate surface area is 225 Å². The second kappa shape index (κ2) is 14.0. The summed E-state index contributed by atoms with van der Waals surface area (Å²) in [7, 11) is -3.58. The maximum Gasteiger partial charge on any atom is 0.243 e. The minimum Gasteiger partial charge on any atom is -0.352 e. The summed E-state index contributed by atoms with van der Waals surface area (Å²) < 4.78 is 27.4. The molecular weight excluding hydrogens is 506 g/mol. The highest BCUT2D eigenvalue weighted by Crippen LogP contribution is 2.24. The Hall–Kier alpha value is -2.36. The lowest BCUT2D eigenvalue weighted by atomic mass is 9.96. The van der Waals surface area contributed by atoms with Crippen molar-refractivity contribution in [2.24, 2.45) is 5.92 Å². The second-order valence-corrected chi connectivity index (χ2v) is 12.7. The number of aryl methyl sites for hydroxylation is 2. The van der Waals surface area contributed by atoms with Crippen molar-refractivity contribution in [1.82, 2.24) is 14.9 Å². The smallest absolute Gasteiger partial charge is 0.243 e. The predicted molar refractivity (Wildman–Crippen MR) is 150 cm³/mol. The molecule has 9 heteroatoms. The molecule has 0 aromatic heterocycles. The molecule has 2 amide bonds. The van der Waals surface area contributed by atoms with Gasteiger partial charge in [-0.3, -0.25) is 9.59 Å². The summed E-state index contributed by atoms with van der Waals surface area (Å²) in [6.45, 7) is 4.47. The van der Waals surface area contributed by atoms with Gasteiger partial charge < -0.3 is 10.6 Å². The normalized spacial score (nSPS) is 16.6. The fourth-order valence-corrected chi connectivity index (χ4v) is 6.40. The highest BCUT2D eigenvalue weighted by atomic mass is 32.2. The molecule has 1 aliphatic rings. The van der Waals surface area contributed by atoms with Gasteiger partial charge in [0.25, 0.3) is 0 Å². The molecule has 1 fully saturated rings. The Bertz CT molecular complexity index is 1120. The van der Waals surface area contributed by atoms with Crippen molar-refractivity contribution in [3.63, 3.8) is 0 Å². The summed E-state index contributed by atoms with van der Waals surface area (Å²) in [5.74, 6) is 0.0989. The van der Waals surface area contributed by atoms with E-state index in [-0.39, 0.29) is 41.8 Å². The molecule has 1 saturated heterocycles. The lowest BCUT2D eigenvalue weighted by Crippen LogP contribution is -2.52. The van der Waals surface area contributed by atoms with Crippen molar-refractivity contribution in [2.45, 2.75) is 62.9 Å². The molecule has 2 unspecified atom stereocenters. The van der Waals surface area contributed by atoms with E-state index in [4.69, 9.17) is 0 Å². The van der Waals surface area contributed by atoms with Crippen molar-refractivity contribution in [3.05, 3.63) is 65.7 Å². The summed E-state index contributed by atoms with van der Waals surface area (Å²) in [5.41, 5.74) is 2.23. The van der Waals surface area contributed by atoms with Crippen LogP contribution >= 0.6 is 11.8 Å². The standard InChI is InChI=1S/C28H39N3O4S2/c1-21-9-13-25(14-10-21)37(34,35)31-18-15-24(16-19-31)27(32)30-26(17-20-36-3)28(33)29-22(2)11-12-23-7-5-4-6-8-23/h4-10,13-14,22,24,26H,11-12,15-20H2,1-3H3,(H,29,33)(H,30,32). The third-order valence-corrected chi connectivity index (χ3v) is 9.38. The molecule has 7 nitrogen and oxygen atoms in total. The quantitative estimate of drug-likeness (QED) is 0.423. The molecule has 0 spiro atoms. The number of piperidine rings is 1. The second-order valence-electron chi connectivity index (χ2n) is 9.77. The average molecular weight is 546 g/mol. The molecule has 3 rings (SSSR count). The number of carbonyl (C=O) groups is 2. The zero-order valence-corrected chi connectivity index (χ0v) is 23.6. The van der Waals surface area contributed by atoms with E-state index in [1.54, 1.807) is 36.0 Å². The Morgan fingerprint density at radius 2 is 1.65 bits per heavy atom. The first-order valence-electron chi connectivity index (χ1n) is 12.9. The fourth-order valence-electron chi connectivity index (χ4n) is 4.46. The van der Waals surface area contributed by atoms with Gasteiger partial charge in [0.1, 0.15) is 6.04 Å². The van der Waals surface area contributed by atoms with Crippen LogP contribution in [0.3, 0.4) is 0 Å². The Morgan fingerprint density at radius 1 is 1.00 bits per heavy atom. The number of amides is 2. The van der Waals surface area contributed by atoms with Crippen molar-refractivity contribution < 1.29 is 18.0 Å². The van der Waals surface area contributed by atoms with Crippen LogP contribution in [0.1, 0.15) is 43.7 Å². The van der Waals surface area contributed by atoms with Gasteiger partial charge in [-0.2, -0.15) is 16.1 Å². The Balaban J connectivity index is 1.52. The van der Waals surface area contributed by atoms with Gasteiger partial charge in [0.2, 0.25) is 21.8 Å². The number of rotatable bonds is 12. The van der Waals surface area contributed by atoms with Crippen LogP contribution < -0.4 is 10.6 Å². The van der Waals surface area contributed by atoms with Crippen molar-refractivity contribution in [1.29, 1.82) is 0 Å². The number of benzene rings is 2. The lowest BCUT2D eigenvalue weighted by molar-refractivity contribution is -0.132. The summed E-state index contributed by atoms with van der Waals surface area (Å²) in [6.07, 6.45) is 5.07. The third-order valence-electron chi connectivity index (χ3n) is 6.82. The number of hydrogen-bond donors (Lipinski definition) is 2. The predicted octanol–water partition coefficient (Wildman–Crippen LogP) is 3.77. The first kappa shape index (κ1) is 29.2. The number of sulfonamides is 1. The Kier molecular flexibility index (Phi) is 11.0. The van der Waals surface area contributed by atoms with E-state index in [0.29, 0.717) is 19.3 Å². The Morgan fingerprint density at radius 3 is 2.27 bits per heavy atom. The van der Waals surface area contributed by atoms with Gasteiger partial charge >= 0.3 is 0 Å². The summed E-state index contributed by atoms with van der Waals surface area (Å²) in [5, 5.41) is 6.03. The molecule has 0 aliphatic carbocycles. The first-order valence-corrected chi connectivity index (χ1v) is 15.7. The lowest BCUT2D eigenvalue weighted by Gasteiger charge is -2.31. The summed E-state index contributed by atoms with van der Waals surface area (Å²) in [4.78, 5) is 26.4.